The van der Waals surface area contributed by atoms with Crippen LogP contribution in [0.4, 0.5) is 0 Å². The van der Waals surface area contributed by atoms with Gasteiger partial charge in [-0.3, -0.25) is 9.59 Å². The Labute approximate surface area is 274 Å². The Hall–Kier alpha value is -5.03. The minimum absolute atomic E-state index is 0.152. The fraction of sp³-hybridized carbons (Fsp3) is 0.0513. The molecule has 1 amide bonds. The van der Waals surface area contributed by atoms with Gasteiger partial charge in [0, 0.05) is 31.4 Å². The number of carbonyl (C=O) groups is 2. The molecule has 0 N–H and O–H groups in total. The number of thioether (sulfide) groups is 1. The van der Waals surface area contributed by atoms with Crippen molar-refractivity contribution in [1.82, 2.24) is 4.90 Å². The van der Waals surface area contributed by atoms with Crippen LogP contribution in [0.15, 0.2) is 173 Å². The molecular weight excluding hydrogens is 605 g/mol. The molecular formula is C39H32N3O2PS. The van der Waals surface area contributed by atoms with Crippen molar-refractivity contribution in [2.24, 2.45) is 9.98 Å². The van der Waals surface area contributed by atoms with Gasteiger partial charge >= 0.3 is 0 Å². The Morgan fingerprint density at radius 1 is 0.630 bits per heavy atom. The van der Waals surface area contributed by atoms with Crippen molar-refractivity contribution in [2.75, 3.05) is 14.1 Å². The van der Waals surface area contributed by atoms with Crippen LogP contribution in [0.2, 0.25) is 0 Å². The van der Waals surface area contributed by atoms with Gasteiger partial charge in [-0.15, -0.1) is 0 Å². The van der Waals surface area contributed by atoms with Gasteiger partial charge in [0.25, 0.3) is 5.91 Å². The van der Waals surface area contributed by atoms with Gasteiger partial charge in [-0.25, -0.2) is 4.99 Å². The maximum absolute atomic E-state index is 14.8. The molecule has 1 heterocycles. The summed E-state index contributed by atoms with van der Waals surface area (Å²) < 4.78 is 0. The summed E-state index contributed by atoms with van der Waals surface area (Å²) in [7, 11) is 3.76. The summed E-state index contributed by atoms with van der Waals surface area (Å²) in [5.41, 5.74) is 1.28. The zero-order valence-corrected chi connectivity index (χ0v) is 27.2. The Morgan fingerprint density at radius 2 is 1.07 bits per heavy atom. The molecule has 6 rings (SSSR count). The van der Waals surface area contributed by atoms with Crippen LogP contribution < -0.4 is 15.9 Å². The van der Waals surface area contributed by atoms with E-state index < -0.39 is 6.89 Å². The Morgan fingerprint density at radius 3 is 1.52 bits per heavy atom. The third-order valence-corrected chi connectivity index (χ3v) is 12.9. The number of ketones is 1. The minimum Gasteiger partial charge on any atom is -0.382 e. The van der Waals surface area contributed by atoms with Crippen molar-refractivity contribution in [3.63, 3.8) is 0 Å². The van der Waals surface area contributed by atoms with E-state index in [-0.39, 0.29) is 11.7 Å². The number of amides is 1. The molecule has 0 atom stereocenters. The second kappa shape index (κ2) is 13.9. The maximum atomic E-state index is 14.8. The predicted molar refractivity (Wildman–Crippen MR) is 196 cm³/mol. The molecule has 0 spiro atoms. The topological polar surface area (TPSA) is 62.1 Å². The number of nitrogens with zero attached hydrogens (tertiary/aromatic N) is 3. The van der Waals surface area contributed by atoms with Gasteiger partial charge < -0.3 is 4.90 Å². The number of hydrogen-bond donors (Lipinski definition) is 0. The van der Waals surface area contributed by atoms with Crippen LogP contribution in [0.5, 0.6) is 0 Å². The second-order valence-electron chi connectivity index (χ2n) is 10.8. The van der Waals surface area contributed by atoms with Gasteiger partial charge in [-0.2, -0.15) is 4.99 Å². The van der Waals surface area contributed by atoms with E-state index in [2.05, 4.69) is 41.4 Å². The molecule has 7 heteroatoms. The molecule has 0 unspecified atom stereocenters. The molecule has 46 heavy (non-hydrogen) atoms. The second-order valence-corrected chi connectivity index (χ2v) is 15.2. The van der Waals surface area contributed by atoms with Gasteiger partial charge in [0.1, 0.15) is 5.04 Å². The number of allylic oxidation sites excluding steroid dienone is 1. The first-order valence-corrected chi connectivity index (χ1v) is 17.5. The average Bonchev–Trinajstić information content (AvgIpc) is 3.11. The van der Waals surface area contributed by atoms with Gasteiger partial charge in [0.05, 0.1) is 10.2 Å². The molecule has 0 aromatic heterocycles. The molecule has 5 nitrogen and oxygen atoms in total. The highest BCUT2D eigenvalue weighted by atomic mass is 32.2. The number of Topliss-reactive ketones (excluding diaryl/α,β-unsaturated/α-hetero) is 1. The summed E-state index contributed by atoms with van der Waals surface area (Å²) in [5.74, 6) is -0.196. The molecule has 5 aromatic rings. The largest absolute Gasteiger partial charge is 0.382 e. The zero-order valence-electron chi connectivity index (χ0n) is 25.5. The van der Waals surface area contributed by atoms with E-state index >= 15 is 0 Å². The van der Waals surface area contributed by atoms with Gasteiger partial charge in [-0.1, -0.05) is 163 Å². The smallest absolute Gasteiger partial charge is 0.282 e. The third kappa shape index (κ3) is 6.23. The van der Waals surface area contributed by atoms with E-state index in [1.54, 1.807) is 18.3 Å². The number of aliphatic imine (C=N–C) groups is 2. The first-order chi connectivity index (χ1) is 22.5. The standard InChI is InChI=1S/C39H32N3O2PS/c1-42(2)28-34(35(43)29-18-8-3-9-19-29)46-39-36(38(44)40-37(41-39)30-20-10-4-11-21-30)45(31-22-12-5-13-23-31,32-24-14-6-15-25-32)33-26-16-7-17-27-33/h3-28H,1-2H3. The molecule has 226 valence electrons. The number of amidine groups is 1. The lowest BCUT2D eigenvalue weighted by molar-refractivity contribution is -0.111. The molecule has 0 saturated heterocycles. The highest BCUT2D eigenvalue weighted by molar-refractivity contribution is 8.22. The van der Waals surface area contributed by atoms with E-state index in [1.165, 1.54) is 11.8 Å². The van der Waals surface area contributed by atoms with Gasteiger partial charge in [0.15, 0.2) is 5.84 Å². The number of carbonyl (C=O) groups excluding carboxylic acids is 2. The first-order valence-electron chi connectivity index (χ1n) is 14.9. The van der Waals surface area contributed by atoms with Gasteiger partial charge in [0.2, 0.25) is 5.78 Å². The minimum atomic E-state index is -2.90. The lowest BCUT2D eigenvalue weighted by atomic mass is 10.1. The van der Waals surface area contributed by atoms with Crippen LogP contribution in [0.3, 0.4) is 0 Å². The summed E-state index contributed by atoms with van der Waals surface area (Å²) in [6, 6.07) is 49.1. The highest BCUT2D eigenvalue weighted by Gasteiger charge is 2.38. The van der Waals surface area contributed by atoms with Crippen LogP contribution in [0.1, 0.15) is 15.9 Å². The Balaban J connectivity index is 1.72. The summed E-state index contributed by atoms with van der Waals surface area (Å²) in [6.45, 7) is -2.90. The van der Waals surface area contributed by atoms with E-state index in [0.29, 0.717) is 26.6 Å². The van der Waals surface area contributed by atoms with Crippen LogP contribution in [0, 0.1) is 0 Å². The van der Waals surface area contributed by atoms with E-state index in [9.17, 15) is 9.59 Å². The van der Waals surface area contributed by atoms with Crippen molar-refractivity contribution in [1.29, 1.82) is 0 Å². The predicted octanol–water partition coefficient (Wildman–Crippen LogP) is 6.56. The normalized spacial score (nSPS) is 13.6. The van der Waals surface area contributed by atoms with Crippen molar-refractivity contribution in [2.45, 2.75) is 0 Å². The molecule has 1 aliphatic rings. The fourth-order valence-electron chi connectivity index (χ4n) is 5.48. The van der Waals surface area contributed by atoms with Crippen LogP contribution in [-0.4, -0.2) is 46.9 Å². The third-order valence-electron chi connectivity index (χ3n) is 7.46. The summed E-state index contributed by atoms with van der Waals surface area (Å²) in [4.78, 5) is 40.9. The van der Waals surface area contributed by atoms with E-state index in [4.69, 9.17) is 4.99 Å². The van der Waals surface area contributed by atoms with Crippen molar-refractivity contribution in [3.05, 3.63) is 174 Å². The molecule has 0 saturated carbocycles. The van der Waals surface area contributed by atoms with E-state index in [1.807, 2.05) is 122 Å². The van der Waals surface area contributed by atoms with Crippen LogP contribution >= 0.6 is 18.6 Å². The number of benzene rings is 5. The van der Waals surface area contributed by atoms with E-state index in [0.717, 1.165) is 21.5 Å². The monoisotopic (exact) mass is 637 g/mol. The molecule has 0 radical (unpaired) electrons. The Kier molecular flexibility index (Phi) is 9.39. The molecule has 5 aromatic carbocycles. The molecule has 1 aliphatic heterocycles. The van der Waals surface area contributed by atoms with Crippen LogP contribution in [0.25, 0.3) is 0 Å². The maximum Gasteiger partial charge on any atom is 0.282 e. The van der Waals surface area contributed by atoms with Crippen molar-refractivity contribution >= 4 is 62.4 Å². The average molecular weight is 638 g/mol. The first kappa shape index (κ1) is 31.0. The van der Waals surface area contributed by atoms with Crippen molar-refractivity contribution < 1.29 is 9.59 Å². The SMILES string of the molecule is CN(C)C=C(SC1=NC(c2ccccc2)=NC(=O)C1=P(c1ccccc1)(c1ccccc1)c1ccccc1)C(=O)c1ccccc1. The number of rotatable bonds is 8. The zero-order chi connectivity index (χ0) is 31.9. The quantitative estimate of drug-likeness (QED) is 0.110. The summed E-state index contributed by atoms with van der Waals surface area (Å²) >= 11 is 1.23. The van der Waals surface area contributed by atoms with Gasteiger partial charge in [-0.05, 0) is 22.8 Å². The number of hydrogen-bond acceptors (Lipinski definition) is 5. The Bertz CT molecular complexity index is 1900. The highest BCUT2D eigenvalue weighted by Crippen LogP contribution is 2.48. The lowest BCUT2D eigenvalue weighted by Crippen LogP contribution is -2.38. The summed E-state index contributed by atoms with van der Waals surface area (Å²) in [6.07, 6.45) is 1.80. The lowest BCUT2D eigenvalue weighted by Gasteiger charge is -2.33. The van der Waals surface area contributed by atoms with Crippen LogP contribution in [-0.2, 0) is 4.79 Å². The molecule has 0 fully saturated rings. The molecule has 0 bridgehead atoms. The summed E-state index contributed by atoms with van der Waals surface area (Å²) in [5, 5.41) is 3.94. The fourth-order valence-corrected chi connectivity index (χ4v) is 11.2. The molecule has 0 aliphatic carbocycles. The van der Waals surface area contributed by atoms with Crippen molar-refractivity contribution in [3.8, 4) is 0 Å².